The van der Waals surface area contributed by atoms with Crippen molar-refractivity contribution in [3.63, 3.8) is 0 Å². The Morgan fingerprint density at radius 3 is 2.57 bits per heavy atom. The number of para-hydroxylation sites is 1. The van der Waals surface area contributed by atoms with E-state index in [2.05, 4.69) is 45.9 Å². The number of phenolic OH excluding ortho intramolecular Hbond substituents is 1. The molecule has 184 valence electrons. The van der Waals surface area contributed by atoms with E-state index in [0.717, 1.165) is 54.1 Å². The average molecular weight is 494 g/mol. The van der Waals surface area contributed by atoms with Gasteiger partial charge in [-0.15, -0.1) is 0 Å². The molecule has 1 atom stereocenters. The maximum atomic E-state index is 11.7. The topological polar surface area (TPSA) is 107 Å². The molecule has 4 aromatic rings. The Morgan fingerprint density at radius 2 is 1.77 bits per heavy atom. The molecule has 0 amide bonds. The van der Waals surface area contributed by atoms with Gasteiger partial charge in [0, 0.05) is 25.1 Å². The van der Waals surface area contributed by atoms with E-state index in [-0.39, 0.29) is 10.6 Å². The summed E-state index contributed by atoms with van der Waals surface area (Å²) in [6.45, 7) is 2.25. The third-order valence-electron chi connectivity index (χ3n) is 5.94. The Labute approximate surface area is 208 Å². The van der Waals surface area contributed by atoms with Gasteiger partial charge in [0.05, 0.1) is 11.8 Å². The van der Waals surface area contributed by atoms with Gasteiger partial charge < -0.3 is 25.3 Å². The summed E-state index contributed by atoms with van der Waals surface area (Å²) in [6.07, 6.45) is 1.32. The monoisotopic (exact) mass is 493 g/mol. The van der Waals surface area contributed by atoms with Crippen molar-refractivity contribution < 1.29 is 14.9 Å². The fourth-order valence-corrected chi connectivity index (χ4v) is 5.02. The number of hydrogen-bond donors (Lipinski definition) is 5. The number of aliphatic hydroxyl groups is 1. The summed E-state index contributed by atoms with van der Waals surface area (Å²) >= 11 is 1.04. The second-order valence-electron chi connectivity index (χ2n) is 8.45. The predicted molar refractivity (Wildman–Crippen MR) is 140 cm³/mol. The Hall–Kier alpha value is -3.17. The van der Waals surface area contributed by atoms with Gasteiger partial charge in [-0.3, -0.25) is 10.1 Å². The van der Waals surface area contributed by atoms with Gasteiger partial charge in [-0.2, -0.15) is 0 Å². The van der Waals surface area contributed by atoms with Crippen LogP contribution in [-0.2, 0) is 25.8 Å². The SMILES string of the molecule is COc1ccccc1CNCCc1cccc(CCNC(O)Cc2ccc(O)c3[nH]c(=O)sc23)c1. The number of aliphatic hydroxyl groups excluding tert-OH is 1. The quantitative estimate of drug-likeness (QED) is 0.153. The molecule has 0 bridgehead atoms. The number of fused-ring (bicyclic) bond motifs is 1. The van der Waals surface area contributed by atoms with Crippen LogP contribution in [0.4, 0.5) is 0 Å². The molecule has 0 aliphatic rings. The fourth-order valence-electron chi connectivity index (χ4n) is 4.14. The molecule has 4 rings (SSSR count). The highest BCUT2D eigenvalue weighted by Gasteiger charge is 2.13. The van der Waals surface area contributed by atoms with Crippen LogP contribution < -0.4 is 20.2 Å². The highest BCUT2D eigenvalue weighted by atomic mass is 32.1. The van der Waals surface area contributed by atoms with Gasteiger partial charge in [0.15, 0.2) is 0 Å². The number of methoxy groups -OCH3 is 1. The molecule has 8 heteroatoms. The number of benzene rings is 3. The molecule has 0 radical (unpaired) electrons. The summed E-state index contributed by atoms with van der Waals surface area (Å²) in [5.74, 6) is 0.940. The highest BCUT2D eigenvalue weighted by molar-refractivity contribution is 7.16. The summed E-state index contributed by atoms with van der Waals surface area (Å²) in [5.41, 5.74) is 4.88. The summed E-state index contributed by atoms with van der Waals surface area (Å²) < 4.78 is 6.08. The Bertz CT molecular complexity index is 1320. The third-order valence-corrected chi connectivity index (χ3v) is 6.89. The number of aromatic hydroxyl groups is 1. The van der Waals surface area contributed by atoms with Crippen LogP contribution in [0.3, 0.4) is 0 Å². The number of aromatic nitrogens is 1. The molecule has 1 aromatic heterocycles. The van der Waals surface area contributed by atoms with Crippen LogP contribution in [0.25, 0.3) is 10.2 Å². The summed E-state index contributed by atoms with van der Waals surface area (Å²) in [4.78, 5) is 14.1. The molecular weight excluding hydrogens is 462 g/mol. The first-order chi connectivity index (χ1) is 17.0. The molecule has 0 saturated carbocycles. The van der Waals surface area contributed by atoms with Crippen LogP contribution in [0.2, 0.25) is 0 Å². The summed E-state index contributed by atoms with van der Waals surface area (Å²) in [6, 6.07) is 19.8. The van der Waals surface area contributed by atoms with Crippen LogP contribution in [0.1, 0.15) is 22.3 Å². The standard InChI is InChI=1S/C27H31N3O4S/c1-34-23-8-3-2-7-21(23)17-28-13-11-18-5-4-6-19(15-18)12-14-29-24(32)16-20-9-10-22(31)25-26(20)35-27(33)30-25/h2-10,15,24,28-29,31-32H,11-14,16-17H2,1H3,(H,30,33). The van der Waals surface area contributed by atoms with Gasteiger partial charge in [0.2, 0.25) is 0 Å². The van der Waals surface area contributed by atoms with Gasteiger partial charge in [-0.25, -0.2) is 0 Å². The van der Waals surface area contributed by atoms with Crippen molar-refractivity contribution >= 4 is 21.6 Å². The van der Waals surface area contributed by atoms with E-state index in [0.29, 0.717) is 23.2 Å². The summed E-state index contributed by atoms with van der Waals surface area (Å²) in [5, 5.41) is 27.0. The second-order valence-corrected chi connectivity index (χ2v) is 9.43. The molecule has 0 spiro atoms. The minimum absolute atomic E-state index is 0.0411. The number of thiazole rings is 1. The van der Waals surface area contributed by atoms with Gasteiger partial charge in [0.25, 0.3) is 0 Å². The zero-order chi connectivity index (χ0) is 24.6. The first-order valence-electron chi connectivity index (χ1n) is 11.7. The van der Waals surface area contributed by atoms with E-state index < -0.39 is 6.23 Å². The summed E-state index contributed by atoms with van der Waals surface area (Å²) in [7, 11) is 1.69. The molecule has 3 aromatic carbocycles. The molecule has 7 nitrogen and oxygen atoms in total. The number of ether oxygens (including phenoxy) is 1. The highest BCUT2D eigenvalue weighted by Crippen LogP contribution is 2.28. The van der Waals surface area contributed by atoms with Crippen molar-refractivity contribution in [3.8, 4) is 11.5 Å². The number of aromatic amines is 1. The largest absolute Gasteiger partial charge is 0.506 e. The van der Waals surface area contributed by atoms with Gasteiger partial charge in [-0.1, -0.05) is 59.9 Å². The number of rotatable bonds is 12. The van der Waals surface area contributed by atoms with E-state index >= 15 is 0 Å². The first-order valence-corrected chi connectivity index (χ1v) is 12.5. The molecule has 0 fully saturated rings. The normalized spacial score (nSPS) is 12.2. The lowest BCUT2D eigenvalue weighted by Crippen LogP contribution is -2.32. The van der Waals surface area contributed by atoms with Crippen LogP contribution in [0.15, 0.2) is 65.5 Å². The molecule has 5 N–H and O–H groups in total. The van der Waals surface area contributed by atoms with Crippen LogP contribution in [0, 0.1) is 0 Å². The van der Waals surface area contributed by atoms with Crippen molar-refractivity contribution in [2.45, 2.75) is 32.0 Å². The first kappa shape index (κ1) is 24.9. The van der Waals surface area contributed by atoms with Crippen molar-refractivity contribution in [2.75, 3.05) is 20.2 Å². The van der Waals surface area contributed by atoms with E-state index in [1.807, 2.05) is 18.2 Å². The fraction of sp³-hybridized carbons (Fsp3) is 0.296. The zero-order valence-corrected chi connectivity index (χ0v) is 20.5. The van der Waals surface area contributed by atoms with E-state index in [1.54, 1.807) is 19.2 Å². The number of phenols is 1. The third kappa shape index (κ3) is 6.70. The molecule has 1 heterocycles. The van der Waals surface area contributed by atoms with Crippen LogP contribution in [0.5, 0.6) is 11.5 Å². The van der Waals surface area contributed by atoms with Gasteiger partial charge >= 0.3 is 4.87 Å². The van der Waals surface area contributed by atoms with E-state index in [9.17, 15) is 15.0 Å². The maximum Gasteiger partial charge on any atom is 0.305 e. The molecular formula is C27H31N3O4S. The van der Waals surface area contributed by atoms with Crippen LogP contribution in [-0.4, -0.2) is 41.6 Å². The number of hydrogen-bond acceptors (Lipinski definition) is 7. The smallest absolute Gasteiger partial charge is 0.305 e. The van der Waals surface area contributed by atoms with Gasteiger partial charge in [0.1, 0.15) is 23.2 Å². The molecule has 1 unspecified atom stereocenters. The minimum Gasteiger partial charge on any atom is -0.506 e. The van der Waals surface area contributed by atoms with Crippen molar-refractivity contribution in [1.29, 1.82) is 0 Å². The van der Waals surface area contributed by atoms with Gasteiger partial charge in [-0.05, 0) is 48.2 Å². The maximum absolute atomic E-state index is 11.7. The van der Waals surface area contributed by atoms with Crippen molar-refractivity contribution in [2.24, 2.45) is 0 Å². The number of nitrogens with one attached hydrogen (secondary N) is 3. The Balaban J connectivity index is 1.22. The van der Waals surface area contributed by atoms with Crippen molar-refractivity contribution in [1.82, 2.24) is 15.6 Å². The minimum atomic E-state index is -0.748. The number of H-pyrrole nitrogens is 1. The molecule has 35 heavy (non-hydrogen) atoms. The van der Waals surface area contributed by atoms with E-state index in [1.165, 1.54) is 11.1 Å². The lowest BCUT2D eigenvalue weighted by atomic mass is 10.1. The second kappa shape index (κ2) is 12.0. The molecule has 0 saturated heterocycles. The lowest BCUT2D eigenvalue weighted by Gasteiger charge is -2.14. The van der Waals surface area contributed by atoms with E-state index in [4.69, 9.17) is 4.74 Å². The Kier molecular flexibility index (Phi) is 8.54. The lowest BCUT2D eigenvalue weighted by molar-refractivity contribution is 0.138. The molecule has 0 aliphatic heterocycles. The zero-order valence-electron chi connectivity index (χ0n) is 19.7. The molecule has 0 aliphatic carbocycles. The van der Waals surface area contributed by atoms with Crippen molar-refractivity contribution in [3.05, 3.63) is 92.6 Å². The van der Waals surface area contributed by atoms with Crippen LogP contribution >= 0.6 is 11.3 Å². The predicted octanol–water partition coefficient (Wildman–Crippen LogP) is 3.33. The average Bonchev–Trinajstić information content (AvgIpc) is 3.27. The Morgan fingerprint density at radius 1 is 1.00 bits per heavy atom.